The largest absolute Gasteiger partial charge is 0.497 e. The minimum absolute atomic E-state index is 0.0581. The summed E-state index contributed by atoms with van der Waals surface area (Å²) < 4.78 is 33.1. The smallest absolute Gasteiger partial charge is 0.247 e. The molecule has 0 spiro atoms. The third-order valence-corrected chi connectivity index (χ3v) is 7.50. The zero-order chi connectivity index (χ0) is 29.4. The van der Waals surface area contributed by atoms with E-state index in [0.717, 1.165) is 5.56 Å². The average molecular weight is 562 g/mol. The molecule has 216 valence electrons. The second-order valence-electron chi connectivity index (χ2n) is 11.6. The number of nitrogens with one attached hydrogen (secondary N) is 2. The van der Waals surface area contributed by atoms with Crippen molar-refractivity contribution in [1.29, 1.82) is 0 Å². The minimum atomic E-state index is -3.82. The Morgan fingerprint density at radius 3 is 2.26 bits per heavy atom. The lowest BCUT2D eigenvalue weighted by molar-refractivity contribution is -0.142. The first-order valence-corrected chi connectivity index (χ1v) is 14.5. The van der Waals surface area contributed by atoms with Crippen LogP contribution in [0.15, 0.2) is 53.4 Å². The fraction of sp³-hybridized carbons (Fsp3) is 0.517. The average Bonchev–Trinajstić information content (AvgIpc) is 2.82. The van der Waals surface area contributed by atoms with E-state index in [4.69, 9.17) is 4.74 Å². The Hall–Kier alpha value is -2.95. The number of sulfonamides is 1. The summed E-state index contributed by atoms with van der Waals surface area (Å²) in [4.78, 5) is 28.6. The van der Waals surface area contributed by atoms with E-state index in [1.807, 2.05) is 20.8 Å². The molecule has 9 nitrogen and oxygen atoms in total. The Labute approximate surface area is 233 Å². The number of aliphatic hydroxyl groups is 1. The molecule has 0 bridgehead atoms. The summed E-state index contributed by atoms with van der Waals surface area (Å²) in [5.41, 5.74) is 0.804. The molecule has 0 fully saturated rings. The van der Waals surface area contributed by atoms with Crippen LogP contribution in [-0.4, -0.2) is 62.6 Å². The highest BCUT2D eigenvalue weighted by atomic mass is 32.2. The van der Waals surface area contributed by atoms with Crippen LogP contribution in [-0.2, 0) is 19.6 Å². The molecule has 0 saturated carbocycles. The number of carbonyl (C=O) groups excluding carboxylic acids is 2. The summed E-state index contributed by atoms with van der Waals surface area (Å²) in [6.45, 7) is 11.3. The number of hydrogen-bond acceptors (Lipinski definition) is 6. The molecule has 2 aromatic rings. The molecule has 0 aromatic heterocycles. The van der Waals surface area contributed by atoms with Gasteiger partial charge in [-0.3, -0.25) is 9.59 Å². The van der Waals surface area contributed by atoms with E-state index in [1.165, 1.54) is 24.1 Å². The summed E-state index contributed by atoms with van der Waals surface area (Å²) in [7, 11) is -2.30. The quantitative estimate of drug-likeness (QED) is 0.343. The SMILES string of the molecule is COc1cccc(C(C(=O)NC(C)(C)CC(C)(C)C)N(CCO)C(=O)CCNS(=O)(=O)c2ccc(C)cc2)c1. The first kappa shape index (κ1) is 32.3. The first-order chi connectivity index (χ1) is 18.1. The summed E-state index contributed by atoms with van der Waals surface area (Å²) >= 11 is 0. The van der Waals surface area contributed by atoms with Gasteiger partial charge in [0.1, 0.15) is 11.8 Å². The molecule has 3 N–H and O–H groups in total. The number of hydrogen-bond donors (Lipinski definition) is 3. The Bertz CT molecular complexity index is 1220. The molecule has 1 unspecified atom stereocenters. The molecule has 0 aliphatic rings. The summed E-state index contributed by atoms with van der Waals surface area (Å²) in [5.74, 6) is -0.367. The maximum Gasteiger partial charge on any atom is 0.247 e. The van der Waals surface area contributed by atoms with Crippen LogP contribution >= 0.6 is 0 Å². The number of rotatable bonds is 13. The lowest BCUT2D eigenvalue weighted by Gasteiger charge is -2.37. The van der Waals surface area contributed by atoms with Crippen LogP contribution in [0.2, 0.25) is 0 Å². The van der Waals surface area contributed by atoms with Gasteiger partial charge >= 0.3 is 0 Å². The van der Waals surface area contributed by atoms with Crippen LogP contribution in [0.1, 0.15) is 64.6 Å². The predicted octanol–water partition coefficient (Wildman–Crippen LogP) is 3.57. The van der Waals surface area contributed by atoms with E-state index in [9.17, 15) is 23.1 Å². The van der Waals surface area contributed by atoms with Crippen LogP contribution in [0.5, 0.6) is 5.75 Å². The topological polar surface area (TPSA) is 125 Å². The van der Waals surface area contributed by atoms with Gasteiger partial charge in [-0.05, 0) is 62.4 Å². The number of carbonyl (C=O) groups is 2. The molecule has 2 aromatic carbocycles. The van der Waals surface area contributed by atoms with Crippen molar-refractivity contribution in [2.75, 3.05) is 26.8 Å². The van der Waals surface area contributed by atoms with E-state index in [2.05, 4.69) is 30.8 Å². The van der Waals surface area contributed by atoms with Crippen molar-refractivity contribution < 1.29 is 27.9 Å². The Balaban J connectivity index is 2.32. The zero-order valence-corrected chi connectivity index (χ0v) is 24.9. The molecule has 0 aliphatic carbocycles. The lowest BCUT2D eigenvalue weighted by Crippen LogP contribution is -2.52. The number of amides is 2. The maximum atomic E-state index is 13.8. The Morgan fingerprint density at radius 2 is 1.69 bits per heavy atom. The van der Waals surface area contributed by atoms with E-state index in [-0.39, 0.29) is 36.4 Å². The molecule has 0 radical (unpaired) electrons. The van der Waals surface area contributed by atoms with Crippen molar-refractivity contribution in [2.45, 2.75) is 70.9 Å². The fourth-order valence-corrected chi connectivity index (χ4v) is 5.83. The number of benzene rings is 2. The summed E-state index contributed by atoms with van der Waals surface area (Å²) in [6, 6.07) is 12.2. The third-order valence-electron chi connectivity index (χ3n) is 6.03. The van der Waals surface area contributed by atoms with E-state index in [0.29, 0.717) is 17.7 Å². The highest BCUT2D eigenvalue weighted by molar-refractivity contribution is 7.89. The number of nitrogens with zero attached hydrogens (tertiary/aromatic N) is 1. The van der Waals surface area contributed by atoms with Gasteiger partial charge in [-0.1, -0.05) is 50.6 Å². The normalized spacial score (nSPS) is 13.0. The number of methoxy groups -OCH3 is 1. The van der Waals surface area contributed by atoms with Crippen LogP contribution in [0.3, 0.4) is 0 Å². The van der Waals surface area contributed by atoms with E-state index < -0.39 is 33.4 Å². The van der Waals surface area contributed by atoms with Crippen molar-refractivity contribution in [3.8, 4) is 5.75 Å². The second kappa shape index (κ2) is 13.4. The highest BCUT2D eigenvalue weighted by Crippen LogP contribution is 2.30. The van der Waals surface area contributed by atoms with Gasteiger partial charge < -0.3 is 20.1 Å². The monoisotopic (exact) mass is 561 g/mol. The van der Waals surface area contributed by atoms with Crippen molar-refractivity contribution in [1.82, 2.24) is 14.9 Å². The third kappa shape index (κ3) is 9.94. The van der Waals surface area contributed by atoms with Crippen LogP contribution in [0.25, 0.3) is 0 Å². The van der Waals surface area contributed by atoms with Gasteiger partial charge in [0.25, 0.3) is 0 Å². The molecule has 10 heteroatoms. The molecule has 0 heterocycles. The Kier molecular flexibility index (Phi) is 11.1. The maximum absolute atomic E-state index is 13.8. The molecule has 0 saturated heterocycles. The fourth-order valence-electron chi connectivity index (χ4n) is 4.80. The lowest BCUT2D eigenvalue weighted by atomic mass is 9.81. The van der Waals surface area contributed by atoms with Gasteiger partial charge in [-0.15, -0.1) is 0 Å². The van der Waals surface area contributed by atoms with Crippen molar-refractivity contribution >= 4 is 21.8 Å². The standard InChI is InChI=1S/C29H43N3O6S/c1-21-11-13-24(14-12-21)39(36,37)30-16-15-25(34)32(17-18-33)26(22-9-8-10-23(19-22)38-7)27(35)31-29(5,6)20-28(2,3)4/h8-14,19,26,30,33H,15-18,20H2,1-7H3,(H,31,35). The first-order valence-electron chi connectivity index (χ1n) is 13.0. The van der Waals surface area contributed by atoms with E-state index in [1.54, 1.807) is 36.4 Å². The summed E-state index contributed by atoms with van der Waals surface area (Å²) in [6.07, 6.45) is 0.482. The number of ether oxygens (including phenoxy) is 1. The molecule has 39 heavy (non-hydrogen) atoms. The zero-order valence-electron chi connectivity index (χ0n) is 24.1. The predicted molar refractivity (Wildman–Crippen MR) is 152 cm³/mol. The van der Waals surface area contributed by atoms with Gasteiger partial charge in [0.2, 0.25) is 21.8 Å². The van der Waals surface area contributed by atoms with Gasteiger partial charge in [0.15, 0.2) is 0 Å². The van der Waals surface area contributed by atoms with Gasteiger partial charge in [-0.25, -0.2) is 13.1 Å². The molecule has 1 atom stereocenters. The van der Waals surface area contributed by atoms with Crippen LogP contribution in [0, 0.1) is 12.3 Å². The number of aryl methyl sites for hydroxylation is 1. The van der Waals surface area contributed by atoms with Gasteiger partial charge in [0.05, 0.1) is 18.6 Å². The van der Waals surface area contributed by atoms with Crippen LogP contribution < -0.4 is 14.8 Å². The number of aliphatic hydroxyl groups excluding tert-OH is 1. The van der Waals surface area contributed by atoms with Crippen molar-refractivity contribution in [3.63, 3.8) is 0 Å². The second-order valence-corrected chi connectivity index (χ2v) is 13.3. The van der Waals surface area contributed by atoms with Crippen LogP contribution in [0.4, 0.5) is 0 Å². The minimum Gasteiger partial charge on any atom is -0.497 e. The van der Waals surface area contributed by atoms with Gasteiger partial charge in [0, 0.05) is 25.0 Å². The van der Waals surface area contributed by atoms with Gasteiger partial charge in [-0.2, -0.15) is 0 Å². The molecule has 2 amide bonds. The Morgan fingerprint density at radius 1 is 1.05 bits per heavy atom. The highest BCUT2D eigenvalue weighted by Gasteiger charge is 2.35. The molecular formula is C29H43N3O6S. The molecule has 0 aliphatic heterocycles. The molecular weight excluding hydrogens is 518 g/mol. The summed E-state index contributed by atoms with van der Waals surface area (Å²) in [5, 5.41) is 12.9. The van der Waals surface area contributed by atoms with E-state index >= 15 is 0 Å². The van der Waals surface area contributed by atoms with Crippen molar-refractivity contribution in [2.24, 2.45) is 5.41 Å². The molecule has 2 rings (SSSR count). The van der Waals surface area contributed by atoms with Crippen molar-refractivity contribution in [3.05, 3.63) is 59.7 Å².